The zero-order chi connectivity index (χ0) is 7.98. The van der Waals surface area contributed by atoms with Gasteiger partial charge in [-0.2, -0.15) is 5.26 Å². The molecule has 0 spiro atoms. The van der Waals surface area contributed by atoms with Crippen LogP contribution in [-0.4, -0.2) is 18.8 Å². The first kappa shape index (κ1) is 9.41. The Bertz CT molecular complexity index is 117. The maximum atomic E-state index is 8.22. The smallest absolute Gasteiger partial charge is 0.0638 e. The molecule has 0 saturated carbocycles. The molecule has 0 aromatic rings. The summed E-state index contributed by atoms with van der Waals surface area (Å²) in [5, 5.41) is 8.22. The van der Waals surface area contributed by atoms with Crippen LogP contribution in [0.25, 0.3) is 0 Å². The van der Waals surface area contributed by atoms with Crippen LogP contribution < -0.4 is 5.73 Å². The number of hydrogen-bond donors (Lipinski definition) is 1. The Balaban J connectivity index is 3.23. The second kappa shape index (κ2) is 5.21. The molecule has 0 rings (SSSR count). The van der Waals surface area contributed by atoms with E-state index in [1.807, 2.05) is 19.9 Å². The van der Waals surface area contributed by atoms with Crippen LogP contribution in [0.4, 0.5) is 0 Å². The normalized spacial score (nSPS) is 13.1. The fourth-order valence-corrected chi connectivity index (χ4v) is 0.492. The second-order valence-electron chi connectivity index (χ2n) is 2.50. The van der Waals surface area contributed by atoms with E-state index in [9.17, 15) is 0 Å². The summed E-state index contributed by atoms with van der Waals surface area (Å²) in [5.74, 6) is 0. The highest BCUT2D eigenvalue weighted by Crippen LogP contribution is 1.92. The van der Waals surface area contributed by atoms with Crippen molar-refractivity contribution in [3.63, 3.8) is 0 Å². The topological polar surface area (TPSA) is 59.0 Å². The van der Waals surface area contributed by atoms with Gasteiger partial charge in [0.05, 0.1) is 25.2 Å². The first-order valence-electron chi connectivity index (χ1n) is 3.41. The number of nitriles is 1. The fraction of sp³-hybridized carbons (Fsp3) is 0.857. The van der Waals surface area contributed by atoms with Crippen LogP contribution in [-0.2, 0) is 4.74 Å². The number of rotatable bonds is 4. The summed E-state index contributed by atoms with van der Waals surface area (Å²) in [7, 11) is 0. The predicted octanol–water partition coefficient (Wildman–Crippen LogP) is 0.652. The predicted molar refractivity (Wildman–Crippen MR) is 39.3 cm³/mol. The Morgan fingerprint density at radius 3 is 2.60 bits per heavy atom. The van der Waals surface area contributed by atoms with Gasteiger partial charge in [0.1, 0.15) is 0 Å². The molecule has 0 saturated heterocycles. The van der Waals surface area contributed by atoms with E-state index in [1.165, 1.54) is 0 Å². The second-order valence-corrected chi connectivity index (χ2v) is 2.50. The highest BCUT2D eigenvalue weighted by atomic mass is 16.5. The van der Waals surface area contributed by atoms with Gasteiger partial charge in [-0.05, 0) is 13.8 Å². The lowest BCUT2D eigenvalue weighted by molar-refractivity contribution is 0.0691. The van der Waals surface area contributed by atoms with Gasteiger partial charge in [0.25, 0.3) is 0 Å². The number of nitrogens with zero attached hydrogens (tertiary/aromatic N) is 1. The van der Waals surface area contributed by atoms with E-state index >= 15 is 0 Å². The minimum atomic E-state index is -0.132. The molecular weight excluding hydrogens is 128 g/mol. The molecule has 1 atom stereocenters. The molecule has 0 radical (unpaired) electrons. The molecule has 0 aromatic heterocycles. The lowest BCUT2D eigenvalue weighted by Crippen LogP contribution is -2.27. The third-order valence-corrected chi connectivity index (χ3v) is 0.997. The standard InChI is InChI=1S/C7H14N2O/c1-6(2)10-5-7(9)3-4-8/h6-7H,3,5,9H2,1-2H3. The zero-order valence-electron chi connectivity index (χ0n) is 6.50. The number of nitrogens with two attached hydrogens (primary N) is 1. The van der Waals surface area contributed by atoms with Crippen molar-refractivity contribution in [1.29, 1.82) is 5.26 Å². The van der Waals surface area contributed by atoms with Crippen molar-refractivity contribution in [2.45, 2.75) is 32.4 Å². The molecule has 0 bridgehead atoms. The molecule has 0 aliphatic carbocycles. The Morgan fingerprint density at radius 2 is 2.20 bits per heavy atom. The molecule has 58 valence electrons. The number of ether oxygens (including phenoxy) is 1. The van der Waals surface area contributed by atoms with Crippen molar-refractivity contribution >= 4 is 0 Å². The molecule has 0 amide bonds. The van der Waals surface area contributed by atoms with E-state index in [-0.39, 0.29) is 12.1 Å². The van der Waals surface area contributed by atoms with Crippen molar-refractivity contribution in [2.24, 2.45) is 5.73 Å². The Hall–Kier alpha value is -0.590. The summed E-state index contributed by atoms with van der Waals surface area (Å²) < 4.78 is 5.18. The van der Waals surface area contributed by atoms with Crippen molar-refractivity contribution in [3.8, 4) is 6.07 Å². The maximum absolute atomic E-state index is 8.22. The van der Waals surface area contributed by atoms with E-state index in [1.54, 1.807) is 0 Å². The quantitative estimate of drug-likeness (QED) is 0.627. The molecule has 3 heteroatoms. The third kappa shape index (κ3) is 5.54. The number of hydrogen-bond acceptors (Lipinski definition) is 3. The monoisotopic (exact) mass is 142 g/mol. The zero-order valence-corrected chi connectivity index (χ0v) is 6.50. The van der Waals surface area contributed by atoms with Gasteiger partial charge in [0, 0.05) is 6.04 Å². The van der Waals surface area contributed by atoms with E-state index in [0.717, 1.165) is 0 Å². The van der Waals surface area contributed by atoms with Crippen LogP contribution in [0.3, 0.4) is 0 Å². The minimum Gasteiger partial charge on any atom is -0.377 e. The molecule has 3 nitrogen and oxygen atoms in total. The Kier molecular flexibility index (Phi) is 4.91. The minimum absolute atomic E-state index is 0.132. The fourth-order valence-electron chi connectivity index (χ4n) is 0.492. The van der Waals surface area contributed by atoms with Gasteiger partial charge in [-0.1, -0.05) is 0 Å². The highest BCUT2D eigenvalue weighted by molar-refractivity contribution is 4.77. The lowest BCUT2D eigenvalue weighted by atomic mass is 10.2. The summed E-state index contributed by atoms with van der Waals surface area (Å²) in [5.41, 5.74) is 5.48. The summed E-state index contributed by atoms with van der Waals surface area (Å²) >= 11 is 0. The first-order valence-corrected chi connectivity index (χ1v) is 3.41. The van der Waals surface area contributed by atoms with Crippen LogP contribution in [0.1, 0.15) is 20.3 Å². The molecule has 0 heterocycles. The van der Waals surface area contributed by atoms with Gasteiger partial charge in [-0.25, -0.2) is 0 Å². The first-order chi connectivity index (χ1) is 4.66. The summed E-state index contributed by atoms with van der Waals surface area (Å²) in [6.07, 6.45) is 0.567. The van der Waals surface area contributed by atoms with Crippen LogP contribution in [0.2, 0.25) is 0 Å². The molecule has 10 heavy (non-hydrogen) atoms. The van der Waals surface area contributed by atoms with Gasteiger partial charge < -0.3 is 10.5 Å². The van der Waals surface area contributed by atoms with Gasteiger partial charge in [-0.15, -0.1) is 0 Å². The van der Waals surface area contributed by atoms with Gasteiger partial charge in [0.2, 0.25) is 0 Å². The molecular formula is C7H14N2O. The van der Waals surface area contributed by atoms with Crippen molar-refractivity contribution < 1.29 is 4.74 Å². The molecule has 0 aromatic carbocycles. The van der Waals surface area contributed by atoms with Crippen LogP contribution >= 0.6 is 0 Å². The van der Waals surface area contributed by atoms with E-state index in [2.05, 4.69) is 0 Å². The van der Waals surface area contributed by atoms with Crippen LogP contribution in [0.5, 0.6) is 0 Å². The summed E-state index contributed by atoms with van der Waals surface area (Å²) in [4.78, 5) is 0. The maximum Gasteiger partial charge on any atom is 0.0638 e. The molecule has 0 aliphatic rings. The molecule has 2 N–H and O–H groups in total. The van der Waals surface area contributed by atoms with Crippen molar-refractivity contribution in [2.75, 3.05) is 6.61 Å². The molecule has 1 unspecified atom stereocenters. The average molecular weight is 142 g/mol. The Labute approximate surface area is 61.8 Å². The van der Waals surface area contributed by atoms with E-state index < -0.39 is 0 Å². The molecule has 0 fully saturated rings. The van der Waals surface area contributed by atoms with E-state index in [4.69, 9.17) is 15.7 Å². The van der Waals surface area contributed by atoms with Crippen LogP contribution in [0, 0.1) is 11.3 Å². The van der Waals surface area contributed by atoms with Gasteiger partial charge in [0.15, 0.2) is 0 Å². The summed E-state index contributed by atoms with van der Waals surface area (Å²) in [6, 6.07) is 1.85. The van der Waals surface area contributed by atoms with Crippen molar-refractivity contribution in [1.82, 2.24) is 0 Å². The van der Waals surface area contributed by atoms with E-state index in [0.29, 0.717) is 13.0 Å². The van der Waals surface area contributed by atoms with Crippen LogP contribution in [0.15, 0.2) is 0 Å². The molecule has 0 aliphatic heterocycles. The summed E-state index contributed by atoms with van der Waals surface area (Å²) in [6.45, 7) is 4.36. The average Bonchev–Trinajstić information content (AvgIpc) is 1.85. The van der Waals surface area contributed by atoms with Crippen molar-refractivity contribution in [3.05, 3.63) is 0 Å². The SMILES string of the molecule is CC(C)OCC(N)CC#N. The third-order valence-electron chi connectivity index (χ3n) is 0.997. The lowest BCUT2D eigenvalue weighted by Gasteiger charge is -2.10. The Morgan fingerprint density at radius 1 is 1.60 bits per heavy atom. The largest absolute Gasteiger partial charge is 0.377 e. The van der Waals surface area contributed by atoms with Gasteiger partial charge in [-0.3, -0.25) is 0 Å². The highest BCUT2D eigenvalue weighted by Gasteiger charge is 2.01. The van der Waals surface area contributed by atoms with Gasteiger partial charge >= 0.3 is 0 Å².